The van der Waals surface area contributed by atoms with Gasteiger partial charge in [0, 0.05) is 38.4 Å². The summed E-state index contributed by atoms with van der Waals surface area (Å²) in [6.45, 7) is 45.0. The second-order valence-corrected chi connectivity index (χ2v) is 36.5. The van der Waals surface area contributed by atoms with Crippen LogP contribution in [0.2, 0.25) is 0 Å². The van der Waals surface area contributed by atoms with Crippen LogP contribution < -0.4 is 20.7 Å². The largest absolute Gasteiger partial charge is 0.261 e. The molecule has 8 aromatic carbocycles. The number of rotatable bonds is 6. The van der Waals surface area contributed by atoms with E-state index in [1.54, 1.807) is 25.3 Å². The number of aryl methyl sites for hydroxylation is 3. The Labute approximate surface area is 639 Å². The molecule has 0 aliphatic rings. The minimum absolute atomic E-state index is 0.0591. The highest BCUT2D eigenvalue weighted by molar-refractivity contribution is 7.19. The summed E-state index contributed by atoms with van der Waals surface area (Å²) in [7, 11) is -2.41. The number of hydrogen-bond acceptors (Lipinski definition) is 6. The van der Waals surface area contributed by atoms with Gasteiger partial charge in [-0.2, -0.15) is 21.0 Å². The lowest BCUT2D eigenvalue weighted by atomic mass is 9.81. The first-order valence-corrected chi connectivity index (χ1v) is 37.5. The molecule has 104 heavy (non-hydrogen) atoms. The molecule has 0 aliphatic heterocycles. The van der Waals surface area contributed by atoms with Crippen molar-refractivity contribution in [2.45, 2.75) is 217 Å². The molecule has 0 atom stereocenters. The number of terminal acetylenes is 1. The van der Waals surface area contributed by atoms with Gasteiger partial charge in [-0.1, -0.05) is 341 Å². The Morgan fingerprint density at radius 2 is 0.760 bits per heavy atom. The van der Waals surface area contributed by atoms with E-state index >= 15 is 0 Å². The van der Waals surface area contributed by atoms with Crippen molar-refractivity contribution < 1.29 is 9.60 Å². The van der Waals surface area contributed by atoms with E-state index in [-0.39, 0.29) is 49.3 Å². The maximum absolute atomic E-state index is 8.98. The van der Waals surface area contributed by atoms with E-state index < -0.39 is 27.7 Å². The summed E-state index contributed by atoms with van der Waals surface area (Å²) in [6, 6.07) is 86.9. The van der Waals surface area contributed by atoms with Crippen LogP contribution in [-0.2, 0) is 50.7 Å². The Bertz CT molecular complexity index is 4690. The van der Waals surface area contributed by atoms with Crippen molar-refractivity contribution in [2.24, 2.45) is 0 Å². The van der Waals surface area contributed by atoms with Gasteiger partial charge < -0.3 is 0 Å². The molecule has 538 valence electrons. The van der Waals surface area contributed by atoms with Crippen molar-refractivity contribution in [1.82, 2.24) is 9.97 Å². The van der Waals surface area contributed by atoms with Crippen molar-refractivity contribution in [3.8, 4) is 36.6 Å². The van der Waals surface area contributed by atoms with Gasteiger partial charge >= 0.3 is 0 Å². The maximum Gasteiger partial charge on any atom is 0.179 e. The molecule has 0 amide bonds. The number of hydrogen-bond donors (Lipinski definition) is 0. The number of benzene rings is 8. The Kier molecular flexibility index (Phi) is 27.6. The summed E-state index contributed by atoms with van der Waals surface area (Å²) in [6.07, 6.45) is 4.02. The molecule has 0 radical (unpaired) electrons. The van der Waals surface area contributed by atoms with Crippen LogP contribution in [0, 0.1) is 64.5 Å². The van der Waals surface area contributed by atoms with Crippen LogP contribution >= 0.6 is 0 Å². The minimum Gasteiger partial charge on any atom is -0.261 e. The van der Waals surface area contributed by atoms with E-state index in [1.807, 2.05) is 112 Å². The SMILES string of the molecule is C#Cc1cccc(C#N)c1C(C)(C)C.CC(C)(C)c1ccc(C#N)cc1.CC(C)(C)c1cccc(C#N)c1.CC(C)(C)c1cccc([Si](c2ccccc2)(c2ccccc2)c2ccccc2)c1.CC(C)(C)c1ccccc1C#N.[2H]C([2H])(C)c1ncccc1C(C)(C)C.[2H]C([2H])([2H])c1ccc(C(C)(C)C)c(C([2H])([2H])C)n1. The second-order valence-electron chi connectivity index (χ2n) is 32.7. The van der Waals surface area contributed by atoms with Crippen molar-refractivity contribution in [2.75, 3.05) is 0 Å². The molecule has 0 aliphatic carbocycles. The van der Waals surface area contributed by atoms with Crippen LogP contribution in [0.15, 0.2) is 237 Å². The summed E-state index contributed by atoms with van der Waals surface area (Å²) >= 11 is 0. The molecule has 0 N–H and O–H groups in total. The summed E-state index contributed by atoms with van der Waals surface area (Å²) in [5, 5.41) is 40.8. The number of nitrogens with zero attached hydrogens (tertiary/aromatic N) is 6. The smallest absolute Gasteiger partial charge is 0.179 e. The average Bonchev–Trinajstić information content (AvgIpc) is 0.732. The lowest BCUT2D eigenvalue weighted by molar-refractivity contribution is 0.577. The van der Waals surface area contributed by atoms with Gasteiger partial charge in [0.25, 0.3) is 0 Å². The van der Waals surface area contributed by atoms with Gasteiger partial charge in [0.1, 0.15) is 0 Å². The Morgan fingerprint density at radius 3 is 1.16 bits per heavy atom. The van der Waals surface area contributed by atoms with E-state index in [1.165, 1.54) is 50.4 Å². The van der Waals surface area contributed by atoms with Gasteiger partial charge in [-0.05, 0) is 172 Å². The summed E-state index contributed by atoms with van der Waals surface area (Å²) < 4.78 is 53.1. The third-order valence-electron chi connectivity index (χ3n) is 17.3. The first-order chi connectivity index (χ1) is 51.2. The lowest BCUT2D eigenvalue weighted by Gasteiger charge is -2.35. The molecule has 2 heterocycles. The molecule has 0 fully saturated rings. The molecular weight excluding hydrogens is 1280 g/mol. The van der Waals surface area contributed by atoms with Gasteiger partial charge in [0.2, 0.25) is 0 Å². The van der Waals surface area contributed by atoms with Gasteiger partial charge in [-0.25, -0.2) is 0 Å². The summed E-state index contributed by atoms with van der Waals surface area (Å²) in [4.78, 5) is 8.19. The second kappa shape index (κ2) is 38.3. The highest BCUT2D eigenvalue weighted by Crippen LogP contribution is 2.31. The van der Waals surface area contributed by atoms with Gasteiger partial charge in [-0.15, -0.1) is 6.42 Å². The zero-order valence-electron chi connectivity index (χ0n) is 73.3. The van der Waals surface area contributed by atoms with E-state index in [0.29, 0.717) is 11.3 Å². The number of nitriles is 4. The number of aromatic nitrogens is 2. The predicted molar refractivity (Wildman–Crippen MR) is 445 cm³/mol. The van der Waals surface area contributed by atoms with Crippen molar-refractivity contribution in [1.29, 1.82) is 21.0 Å². The van der Waals surface area contributed by atoms with Gasteiger partial charge in [0.05, 0.1) is 46.5 Å². The normalized spacial score (nSPS) is 12.7. The molecule has 0 saturated carbocycles. The molecule has 0 saturated heterocycles. The summed E-state index contributed by atoms with van der Waals surface area (Å²) in [5.41, 5.74) is 12.1. The van der Waals surface area contributed by atoms with Crippen LogP contribution in [0.25, 0.3) is 0 Å². The standard InChI is InChI=1S/C28H28Si.C13H13N.C12H19N.3C11H13N.C11H17N/c1-28(2,3)23-14-13-21-27(22-23)29(24-15-7-4-8-16-24,25-17-9-5-10-18-25)26-19-11-6-12-20-26;1-5-10-7-6-8-11(9-14)12(10)13(2,3)4;1-6-11-10(12(3,4)5)8-7-9(2)13-11;1-11(2,3)10-6-4-9(8-12)5-7-10;1-11(2,3)10-6-4-5-9(7-10)8-12;1-11(2,3)10-7-5-4-6-9(10)8-12;1-5-10-9(11(2,3)4)7-6-8-12-10/h4-22H,1-3H3;1,6-8H,2-4H3;7-8H,6H2,1-5H3;3*4-7H,1-3H3;6-8H,5H2,1-4H3/i;;2D3,6D2;;;;5D2. The van der Waals surface area contributed by atoms with E-state index in [0.717, 1.165) is 44.5 Å². The average molecular weight is 1400 g/mol. The third-order valence-corrected chi connectivity index (χ3v) is 22.0. The Balaban J connectivity index is 0.000000282. The maximum atomic E-state index is 8.98. The Hall–Kier alpha value is -10.2. The number of pyridine rings is 2. The lowest BCUT2D eigenvalue weighted by Crippen LogP contribution is -2.74. The van der Waals surface area contributed by atoms with Crippen molar-refractivity contribution >= 4 is 28.8 Å². The molecule has 0 unspecified atom stereocenters. The van der Waals surface area contributed by atoms with Crippen molar-refractivity contribution in [3.63, 3.8) is 0 Å². The third kappa shape index (κ3) is 25.3. The highest BCUT2D eigenvalue weighted by atomic mass is 28.3. The Morgan fingerprint density at radius 1 is 0.356 bits per heavy atom. The fourth-order valence-electron chi connectivity index (χ4n) is 11.7. The van der Waals surface area contributed by atoms with Gasteiger partial charge in [0.15, 0.2) is 8.07 Å². The van der Waals surface area contributed by atoms with Gasteiger partial charge in [-0.3, -0.25) is 9.97 Å². The fraction of sp³-hybridized carbons (Fsp3) is 0.340. The molecule has 7 heteroatoms. The van der Waals surface area contributed by atoms with Crippen LogP contribution in [0.4, 0.5) is 0 Å². The van der Waals surface area contributed by atoms with Crippen LogP contribution in [-0.4, -0.2) is 18.0 Å². The van der Waals surface area contributed by atoms with Crippen molar-refractivity contribution in [3.05, 3.63) is 321 Å². The fourth-order valence-corrected chi connectivity index (χ4v) is 16.5. The highest BCUT2D eigenvalue weighted by Gasteiger charge is 2.41. The van der Waals surface area contributed by atoms with Crippen LogP contribution in [0.5, 0.6) is 0 Å². The molecule has 6 nitrogen and oxygen atoms in total. The zero-order valence-corrected chi connectivity index (χ0v) is 67.3. The molecule has 10 rings (SSSR count). The van der Waals surface area contributed by atoms with E-state index in [2.05, 4.69) is 286 Å². The van der Waals surface area contributed by atoms with E-state index in [4.69, 9.17) is 37.1 Å². The predicted octanol–water partition coefficient (Wildman–Crippen LogP) is 22.0. The van der Waals surface area contributed by atoms with Crippen LogP contribution in [0.1, 0.15) is 253 Å². The first kappa shape index (κ1) is 75.0. The topological polar surface area (TPSA) is 121 Å². The molecule has 2 aromatic heterocycles. The van der Waals surface area contributed by atoms with E-state index in [9.17, 15) is 0 Å². The summed E-state index contributed by atoms with van der Waals surface area (Å²) in [5.74, 6) is 2.63. The molecule has 10 aromatic rings. The quantitative estimate of drug-likeness (QED) is 0.0929. The van der Waals surface area contributed by atoms with Crippen LogP contribution in [0.3, 0.4) is 0 Å². The first-order valence-electron chi connectivity index (χ1n) is 39.0. The molecule has 0 spiro atoms. The zero-order chi connectivity index (χ0) is 84.0. The molecular formula is C97H116N6Si. The molecule has 0 bridgehead atoms. The minimum atomic E-state index is -2.41. The monoisotopic (exact) mass is 1400 g/mol.